The minimum atomic E-state index is -0.497. The van der Waals surface area contributed by atoms with Crippen molar-refractivity contribution in [2.75, 3.05) is 57.4 Å². The number of benzene rings is 3. The maximum atomic E-state index is 17.6. The van der Waals surface area contributed by atoms with Crippen LogP contribution >= 0.6 is 0 Å². The van der Waals surface area contributed by atoms with Crippen molar-refractivity contribution in [2.24, 2.45) is 17.3 Å². The summed E-state index contributed by atoms with van der Waals surface area (Å²) in [6.07, 6.45) is 4.83. The Morgan fingerprint density at radius 3 is 2.44 bits per heavy atom. The summed E-state index contributed by atoms with van der Waals surface area (Å²) in [5.74, 6) is 1.06. The highest BCUT2D eigenvalue weighted by Gasteiger charge is 2.48. The molecule has 4 aromatic rings. The number of likely N-dealkylation sites (tertiary alicyclic amines) is 1. The third kappa shape index (κ3) is 5.58. The van der Waals surface area contributed by atoms with E-state index in [1.54, 1.807) is 18.2 Å². The number of halogens is 2. The average molecular weight is 684 g/mol. The number of phenols is 1. The topological polar surface area (TPSA) is 83.0 Å². The Kier molecular flexibility index (Phi) is 7.93. The summed E-state index contributed by atoms with van der Waals surface area (Å²) in [6.45, 7) is 12.9. The molecule has 8 nitrogen and oxygen atoms in total. The number of anilines is 1. The van der Waals surface area contributed by atoms with Crippen LogP contribution in [-0.2, 0) is 11.2 Å². The summed E-state index contributed by atoms with van der Waals surface area (Å²) in [5, 5.41) is 16.5. The Morgan fingerprint density at radius 1 is 1.02 bits per heavy atom. The summed E-state index contributed by atoms with van der Waals surface area (Å²) >= 11 is 0. The van der Waals surface area contributed by atoms with Crippen LogP contribution in [0.15, 0.2) is 30.3 Å². The molecule has 2 bridgehead atoms. The van der Waals surface area contributed by atoms with E-state index in [-0.39, 0.29) is 34.4 Å². The van der Waals surface area contributed by atoms with Gasteiger partial charge in [0.15, 0.2) is 5.82 Å². The minimum absolute atomic E-state index is 0.00273. The predicted octanol–water partition coefficient (Wildman–Crippen LogP) is 6.80. The number of phenolic OH excluding ortho intramolecular Hbond substituents is 1. The Balaban J connectivity index is 1.16. The maximum Gasteiger partial charge on any atom is 0.319 e. The van der Waals surface area contributed by atoms with Gasteiger partial charge >= 0.3 is 6.01 Å². The van der Waals surface area contributed by atoms with Crippen LogP contribution in [0, 0.1) is 28.9 Å². The van der Waals surface area contributed by atoms with Crippen LogP contribution in [0.3, 0.4) is 0 Å². The molecule has 4 atom stereocenters. The molecule has 50 heavy (non-hydrogen) atoms. The van der Waals surface area contributed by atoms with Gasteiger partial charge in [0, 0.05) is 73.0 Å². The van der Waals surface area contributed by atoms with Gasteiger partial charge in [-0.25, -0.2) is 8.78 Å². The Labute approximate surface area is 292 Å². The van der Waals surface area contributed by atoms with E-state index < -0.39 is 5.82 Å². The van der Waals surface area contributed by atoms with Crippen molar-refractivity contribution in [3.05, 3.63) is 53.1 Å². The van der Waals surface area contributed by atoms with E-state index in [0.717, 1.165) is 77.2 Å². The lowest BCUT2D eigenvalue weighted by molar-refractivity contribution is 0.131. The number of piperazine rings is 1. The van der Waals surface area contributed by atoms with Gasteiger partial charge in [-0.1, -0.05) is 26.8 Å². The first-order chi connectivity index (χ1) is 24.2. The van der Waals surface area contributed by atoms with Gasteiger partial charge in [-0.15, -0.1) is 0 Å². The molecular weight excluding hydrogens is 636 g/mol. The molecule has 0 spiro atoms. The molecule has 4 saturated heterocycles. The highest BCUT2D eigenvalue weighted by Crippen LogP contribution is 2.48. The third-order valence-corrected chi connectivity index (χ3v) is 12.2. The number of rotatable bonds is 9. The summed E-state index contributed by atoms with van der Waals surface area (Å²) < 4.78 is 45.0. The molecule has 264 valence electrons. The van der Waals surface area contributed by atoms with Crippen molar-refractivity contribution in [2.45, 2.75) is 70.9 Å². The number of aromatic hydroxyl groups is 1. The van der Waals surface area contributed by atoms with Crippen LogP contribution in [0.1, 0.15) is 63.5 Å². The Hall–Kier alpha value is -3.60. The summed E-state index contributed by atoms with van der Waals surface area (Å²) in [6, 6.07) is 9.20. The minimum Gasteiger partial charge on any atom is -0.508 e. The fourth-order valence-corrected chi connectivity index (χ4v) is 9.39. The summed E-state index contributed by atoms with van der Waals surface area (Å²) in [7, 11) is 0. The molecule has 1 saturated carbocycles. The van der Waals surface area contributed by atoms with E-state index in [4.69, 9.17) is 19.4 Å². The van der Waals surface area contributed by atoms with Gasteiger partial charge in [-0.2, -0.15) is 9.97 Å². The van der Waals surface area contributed by atoms with Crippen LogP contribution in [0.2, 0.25) is 0 Å². The van der Waals surface area contributed by atoms with Gasteiger partial charge in [-0.05, 0) is 89.8 Å². The Morgan fingerprint density at radius 2 is 1.76 bits per heavy atom. The molecule has 2 N–H and O–H groups in total. The molecule has 0 radical (unpaired) electrons. The molecule has 5 fully saturated rings. The van der Waals surface area contributed by atoms with Gasteiger partial charge in [0.25, 0.3) is 0 Å². The molecule has 5 heterocycles. The number of fused-ring (bicyclic) bond motifs is 5. The molecular formula is C40H47F2N5O3. The number of nitrogens with zero attached hydrogens (tertiary/aromatic N) is 4. The van der Waals surface area contributed by atoms with E-state index in [2.05, 4.69) is 15.1 Å². The number of ether oxygens (including phenoxy) is 2. The van der Waals surface area contributed by atoms with Gasteiger partial charge < -0.3 is 29.7 Å². The van der Waals surface area contributed by atoms with Crippen LogP contribution in [0.4, 0.5) is 14.6 Å². The van der Waals surface area contributed by atoms with Crippen LogP contribution < -0.4 is 15.0 Å². The van der Waals surface area contributed by atoms with Crippen molar-refractivity contribution in [3.8, 4) is 22.9 Å². The van der Waals surface area contributed by atoms with Gasteiger partial charge in [0.1, 0.15) is 22.9 Å². The number of hydrogen-bond acceptors (Lipinski definition) is 8. The lowest BCUT2D eigenvalue weighted by Gasteiger charge is -2.34. The first-order valence-electron chi connectivity index (χ1n) is 18.6. The second-order valence-corrected chi connectivity index (χ2v) is 16.1. The van der Waals surface area contributed by atoms with Crippen molar-refractivity contribution < 1.29 is 23.4 Å². The van der Waals surface area contributed by atoms with E-state index >= 15 is 8.78 Å². The third-order valence-electron chi connectivity index (χ3n) is 12.2. The Bertz CT molecular complexity index is 1960. The SMILES string of the molecule is CCc1c(F)ccc2cc(O)cc(-c3c(C(C)C)cc4c(N5CC6CCC(C5)N6)nc(OCC5(CN6C[C@H]7COC[C@H]7C6)CC5)nc4c3F)c12. The second-order valence-electron chi connectivity index (χ2n) is 16.1. The zero-order chi connectivity index (χ0) is 34.3. The monoisotopic (exact) mass is 683 g/mol. The highest BCUT2D eigenvalue weighted by atomic mass is 19.1. The standard InChI is InChI=1S/C40H47F2N5O3/c1-4-29-33(41)8-5-23-11-28(48)12-31(34(23)29)35-30(22(2)3)13-32-37(36(35)42)44-39(45-38(32)47-16-26-6-7-27(17-47)43-26)50-21-40(9-10-40)20-46-14-24-18-49-19-25(24)15-46/h5,8,11-13,22,24-27,43,48H,4,6-7,9-10,14-21H2,1-3H3/t24-,25+,26?,27?. The van der Waals surface area contributed by atoms with Crippen molar-refractivity contribution in [1.29, 1.82) is 0 Å². The molecule has 5 aliphatic rings. The van der Waals surface area contributed by atoms with Crippen LogP contribution in [-0.4, -0.2) is 84.6 Å². The number of aryl methyl sites for hydroxylation is 1. The first-order valence-corrected chi connectivity index (χ1v) is 18.6. The zero-order valence-electron chi connectivity index (χ0n) is 29.3. The smallest absolute Gasteiger partial charge is 0.319 e. The normalized spacial score (nSPS) is 25.7. The molecule has 1 aliphatic carbocycles. The molecule has 3 aromatic carbocycles. The first kappa shape index (κ1) is 32.3. The molecule has 10 heteroatoms. The van der Waals surface area contributed by atoms with Crippen LogP contribution in [0.25, 0.3) is 32.8 Å². The van der Waals surface area contributed by atoms with E-state index in [1.165, 1.54) is 6.07 Å². The maximum absolute atomic E-state index is 17.6. The fraction of sp³-hybridized carbons (Fsp3) is 0.550. The van der Waals surface area contributed by atoms with Crippen molar-refractivity contribution in [1.82, 2.24) is 20.2 Å². The van der Waals surface area contributed by atoms with Crippen LogP contribution in [0.5, 0.6) is 11.8 Å². The van der Waals surface area contributed by atoms with Gasteiger partial charge in [0.2, 0.25) is 0 Å². The van der Waals surface area contributed by atoms with E-state index in [9.17, 15) is 5.11 Å². The highest BCUT2D eigenvalue weighted by molar-refractivity contribution is 6.04. The number of nitrogens with one attached hydrogen (secondary N) is 1. The molecule has 1 aromatic heterocycles. The lowest BCUT2D eigenvalue weighted by Crippen LogP contribution is -2.51. The van der Waals surface area contributed by atoms with Gasteiger partial charge in [-0.3, -0.25) is 0 Å². The number of hydrogen-bond donors (Lipinski definition) is 2. The van der Waals surface area contributed by atoms with Crippen molar-refractivity contribution >= 4 is 27.5 Å². The lowest BCUT2D eigenvalue weighted by atomic mass is 9.86. The quantitative estimate of drug-likeness (QED) is 0.200. The van der Waals surface area contributed by atoms with Gasteiger partial charge in [0.05, 0.1) is 19.8 Å². The zero-order valence-corrected chi connectivity index (χ0v) is 29.3. The number of aromatic nitrogens is 2. The predicted molar refractivity (Wildman–Crippen MR) is 191 cm³/mol. The van der Waals surface area contributed by atoms with E-state index in [1.807, 2.05) is 26.8 Å². The summed E-state index contributed by atoms with van der Waals surface area (Å²) in [5.41, 5.74) is 2.32. The molecule has 4 aliphatic heterocycles. The largest absolute Gasteiger partial charge is 0.508 e. The fourth-order valence-electron chi connectivity index (χ4n) is 9.39. The average Bonchev–Trinajstić information content (AvgIpc) is 3.34. The van der Waals surface area contributed by atoms with Crippen molar-refractivity contribution in [3.63, 3.8) is 0 Å². The molecule has 2 unspecified atom stereocenters. The summed E-state index contributed by atoms with van der Waals surface area (Å²) in [4.78, 5) is 14.7. The van der Waals surface area contributed by atoms with E-state index in [0.29, 0.717) is 75.6 Å². The second kappa shape index (κ2) is 12.3. The molecule has 0 amide bonds. The molecule has 9 rings (SSSR count).